The van der Waals surface area contributed by atoms with Gasteiger partial charge in [0, 0.05) is 16.3 Å². The van der Waals surface area contributed by atoms with Crippen molar-refractivity contribution in [2.45, 2.75) is 0 Å². The number of urea groups is 1. The number of imide groups is 1. The molecule has 2 N–H and O–H groups in total. The molecular weight excluding hydrogens is 479 g/mol. The number of ketones is 1. The van der Waals surface area contributed by atoms with E-state index in [-0.39, 0.29) is 39.4 Å². The second-order valence-electron chi connectivity index (χ2n) is 6.80. The number of phenolic OH excluding ortho intramolecular Hbond substituents is 1. The highest BCUT2D eigenvalue weighted by molar-refractivity contribution is 6.38. The molecule has 32 heavy (non-hydrogen) atoms. The van der Waals surface area contributed by atoms with Gasteiger partial charge >= 0.3 is 6.03 Å². The maximum atomic E-state index is 12.8. The molecule has 0 unspecified atom stereocenters. The molecule has 0 aliphatic carbocycles. The van der Waals surface area contributed by atoms with Crippen LogP contribution in [-0.4, -0.2) is 29.4 Å². The van der Waals surface area contributed by atoms with E-state index in [0.29, 0.717) is 16.3 Å². The van der Waals surface area contributed by atoms with Gasteiger partial charge in [0.25, 0.3) is 0 Å². The minimum absolute atomic E-state index is 0.000817. The van der Waals surface area contributed by atoms with Gasteiger partial charge in [-0.2, -0.15) is 0 Å². The number of amides is 3. The van der Waals surface area contributed by atoms with Gasteiger partial charge in [-0.05, 0) is 42.5 Å². The fraction of sp³-hybridized carbons (Fsp3) is 0.0455. The Kier molecular flexibility index (Phi) is 5.97. The molecule has 1 aliphatic heterocycles. The van der Waals surface area contributed by atoms with Crippen LogP contribution in [-0.2, 0) is 4.79 Å². The number of carbonyl (C=O) groups excluding carboxylic acids is 3. The van der Waals surface area contributed by atoms with Crippen molar-refractivity contribution in [2.24, 2.45) is 0 Å². The number of rotatable bonds is 5. The second-order valence-corrected chi connectivity index (χ2v) is 8.05. The van der Waals surface area contributed by atoms with Gasteiger partial charge in [0.05, 0.1) is 15.6 Å². The van der Waals surface area contributed by atoms with Crippen LogP contribution in [0.25, 0.3) is 0 Å². The largest absolute Gasteiger partial charge is 0.507 e. The summed E-state index contributed by atoms with van der Waals surface area (Å²) >= 11 is 18.6. The normalized spacial score (nSPS) is 13.3. The minimum Gasteiger partial charge on any atom is -0.507 e. The SMILES string of the molecule is O=C1CN(c2cc(Cl)c(Oc3ccc(O)c(C(=O)c4cccc(Cl)c4)c3)c(Cl)c2)C(=O)N1. The van der Waals surface area contributed by atoms with Crippen molar-refractivity contribution in [3.05, 3.63) is 80.8 Å². The summed E-state index contributed by atoms with van der Waals surface area (Å²) in [6.45, 7) is -0.154. The van der Waals surface area contributed by atoms with Crippen LogP contribution in [0.4, 0.5) is 10.5 Å². The smallest absolute Gasteiger partial charge is 0.329 e. The summed E-state index contributed by atoms with van der Waals surface area (Å²) in [6, 6.07) is 12.7. The zero-order valence-electron chi connectivity index (χ0n) is 16.1. The number of ether oxygens (including phenoxy) is 1. The maximum Gasteiger partial charge on any atom is 0.329 e. The van der Waals surface area contributed by atoms with Crippen molar-refractivity contribution in [2.75, 3.05) is 11.4 Å². The lowest BCUT2D eigenvalue weighted by Gasteiger charge is -2.17. The van der Waals surface area contributed by atoms with Crippen molar-refractivity contribution in [3.8, 4) is 17.2 Å². The maximum absolute atomic E-state index is 12.8. The molecule has 1 fully saturated rings. The summed E-state index contributed by atoms with van der Waals surface area (Å²) in [5, 5.41) is 12.9. The van der Waals surface area contributed by atoms with Gasteiger partial charge in [0.1, 0.15) is 18.0 Å². The van der Waals surface area contributed by atoms with E-state index < -0.39 is 17.7 Å². The summed E-state index contributed by atoms with van der Waals surface area (Å²) in [7, 11) is 0. The summed E-state index contributed by atoms with van der Waals surface area (Å²) in [6.07, 6.45) is 0. The van der Waals surface area contributed by atoms with Crippen LogP contribution in [0.1, 0.15) is 15.9 Å². The number of aromatic hydroxyl groups is 1. The van der Waals surface area contributed by atoms with Gasteiger partial charge in [-0.15, -0.1) is 0 Å². The molecule has 4 rings (SSSR count). The van der Waals surface area contributed by atoms with E-state index in [9.17, 15) is 19.5 Å². The zero-order chi connectivity index (χ0) is 23.0. The predicted octanol–water partition coefficient (Wildman–Crippen LogP) is 5.43. The van der Waals surface area contributed by atoms with Gasteiger partial charge in [0.2, 0.25) is 5.91 Å². The fourth-order valence-electron chi connectivity index (χ4n) is 3.11. The summed E-state index contributed by atoms with van der Waals surface area (Å²) in [5.74, 6) is -0.857. The van der Waals surface area contributed by atoms with Crippen LogP contribution in [0.3, 0.4) is 0 Å². The summed E-state index contributed by atoms with van der Waals surface area (Å²) in [4.78, 5) is 37.3. The molecule has 1 aliphatic rings. The Labute approximate surface area is 197 Å². The van der Waals surface area contributed by atoms with E-state index in [1.54, 1.807) is 18.2 Å². The summed E-state index contributed by atoms with van der Waals surface area (Å²) < 4.78 is 5.77. The lowest BCUT2D eigenvalue weighted by Crippen LogP contribution is -2.27. The Morgan fingerprint density at radius 1 is 1.00 bits per heavy atom. The molecule has 10 heteroatoms. The number of anilines is 1. The van der Waals surface area contributed by atoms with Gasteiger partial charge in [-0.1, -0.05) is 46.9 Å². The number of benzene rings is 3. The van der Waals surface area contributed by atoms with Gasteiger partial charge in [-0.3, -0.25) is 19.8 Å². The molecule has 0 bridgehead atoms. The van der Waals surface area contributed by atoms with E-state index in [4.69, 9.17) is 39.5 Å². The molecule has 3 amide bonds. The van der Waals surface area contributed by atoms with Crippen molar-refractivity contribution in [3.63, 3.8) is 0 Å². The quantitative estimate of drug-likeness (QED) is 0.366. The molecule has 0 atom stereocenters. The zero-order valence-corrected chi connectivity index (χ0v) is 18.3. The van der Waals surface area contributed by atoms with Crippen LogP contribution in [0.2, 0.25) is 15.1 Å². The first kappa shape index (κ1) is 22.0. The summed E-state index contributed by atoms with van der Waals surface area (Å²) in [5.41, 5.74) is 0.614. The third-order valence-electron chi connectivity index (χ3n) is 4.61. The molecular formula is C22H13Cl3N2O5. The molecule has 7 nitrogen and oxygen atoms in total. The Morgan fingerprint density at radius 2 is 1.72 bits per heavy atom. The number of carbonyl (C=O) groups is 3. The molecule has 0 saturated carbocycles. The van der Waals surface area contributed by atoms with E-state index in [2.05, 4.69) is 5.32 Å². The molecule has 1 heterocycles. The Balaban J connectivity index is 1.63. The molecule has 0 spiro atoms. The van der Waals surface area contributed by atoms with E-state index in [1.807, 2.05) is 0 Å². The number of phenols is 1. The fourth-order valence-corrected chi connectivity index (χ4v) is 3.86. The van der Waals surface area contributed by atoms with Crippen LogP contribution < -0.4 is 15.0 Å². The van der Waals surface area contributed by atoms with Crippen molar-refractivity contribution in [1.29, 1.82) is 0 Å². The first-order chi connectivity index (χ1) is 15.2. The minimum atomic E-state index is -0.585. The van der Waals surface area contributed by atoms with E-state index in [1.165, 1.54) is 41.3 Å². The predicted molar refractivity (Wildman–Crippen MR) is 120 cm³/mol. The second kappa shape index (κ2) is 8.70. The third-order valence-corrected chi connectivity index (χ3v) is 5.40. The Bertz CT molecular complexity index is 1260. The van der Waals surface area contributed by atoms with E-state index in [0.717, 1.165) is 0 Å². The highest BCUT2D eigenvalue weighted by atomic mass is 35.5. The number of halogens is 3. The van der Waals surface area contributed by atoms with Crippen LogP contribution >= 0.6 is 34.8 Å². The van der Waals surface area contributed by atoms with Crippen LogP contribution in [0.15, 0.2) is 54.6 Å². The highest BCUT2D eigenvalue weighted by Crippen LogP contribution is 2.41. The van der Waals surface area contributed by atoms with Crippen LogP contribution in [0.5, 0.6) is 17.2 Å². The third kappa shape index (κ3) is 4.36. The molecule has 3 aromatic carbocycles. The standard InChI is InChI=1S/C22H13Cl3N2O5/c23-12-3-1-2-11(6-12)20(30)15-9-14(4-5-18(15)28)32-21-16(24)7-13(8-17(21)25)27-10-19(29)26-22(27)31/h1-9,28H,10H2,(H,26,29,31). The van der Waals surface area contributed by atoms with Gasteiger partial charge in [-0.25, -0.2) is 4.79 Å². The topological polar surface area (TPSA) is 95.9 Å². The Morgan fingerprint density at radius 3 is 2.34 bits per heavy atom. The lowest BCUT2D eigenvalue weighted by atomic mass is 10.0. The van der Waals surface area contributed by atoms with Crippen molar-refractivity contribution >= 4 is 58.2 Å². The Hall–Kier alpha value is -3.26. The molecule has 0 radical (unpaired) electrons. The average Bonchev–Trinajstić information content (AvgIpc) is 3.09. The molecule has 3 aromatic rings. The van der Waals surface area contributed by atoms with Gasteiger partial charge < -0.3 is 9.84 Å². The number of nitrogens with zero attached hydrogens (tertiary/aromatic N) is 1. The molecule has 162 valence electrons. The monoisotopic (exact) mass is 490 g/mol. The van der Waals surface area contributed by atoms with Crippen LogP contribution in [0, 0.1) is 0 Å². The van der Waals surface area contributed by atoms with Crippen molar-refractivity contribution < 1.29 is 24.2 Å². The number of hydrogen-bond acceptors (Lipinski definition) is 5. The number of nitrogens with one attached hydrogen (secondary N) is 1. The number of hydrogen-bond donors (Lipinski definition) is 2. The first-order valence-electron chi connectivity index (χ1n) is 9.14. The van der Waals surface area contributed by atoms with E-state index >= 15 is 0 Å². The van der Waals surface area contributed by atoms with Gasteiger partial charge in [0.15, 0.2) is 11.5 Å². The first-order valence-corrected chi connectivity index (χ1v) is 10.3. The molecule has 0 aromatic heterocycles. The highest BCUT2D eigenvalue weighted by Gasteiger charge is 2.29. The molecule has 1 saturated heterocycles. The van der Waals surface area contributed by atoms with Crippen molar-refractivity contribution in [1.82, 2.24) is 5.32 Å². The average molecular weight is 492 g/mol. The lowest BCUT2D eigenvalue weighted by molar-refractivity contribution is -0.117.